The van der Waals surface area contributed by atoms with Crippen molar-refractivity contribution in [2.24, 2.45) is 11.8 Å². The van der Waals surface area contributed by atoms with Gasteiger partial charge in [-0.15, -0.1) is 0 Å². The predicted octanol–water partition coefficient (Wildman–Crippen LogP) is 3.30. The first-order chi connectivity index (χ1) is 13.5. The highest BCUT2D eigenvalue weighted by atomic mass is 16.4. The molecule has 0 aliphatic heterocycles. The largest absolute Gasteiger partial charge is 0.481 e. The molecule has 1 aliphatic rings. The van der Waals surface area contributed by atoms with Crippen LogP contribution in [0.4, 0.5) is 0 Å². The van der Waals surface area contributed by atoms with Crippen molar-refractivity contribution in [3.05, 3.63) is 60.2 Å². The zero-order valence-corrected chi connectivity index (χ0v) is 16.1. The summed E-state index contributed by atoms with van der Waals surface area (Å²) in [6, 6.07) is 9.94. The highest BCUT2D eigenvalue weighted by Gasteiger charge is 2.39. The molecule has 28 heavy (non-hydrogen) atoms. The SMILES string of the molecule is O=C(O)CCC/C=C\CC1C(=O)CC(O)C1/C=C/C(O)CCc1ccccc1. The number of aryl methyl sites for hydroxylation is 1. The monoisotopic (exact) mass is 386 g/mol. The maximum absolute atomic E-state index is 12.2. The molecular weight excluding hydrogens is 356 g/mol. The summed E-state index contributed by atoms with van der Waals surface area (Å²) in [5.41, 5.74) is 1.16. The van der Waals surface area contributed by atoms with Crippen LogP contribution in [0.3, 0.4) is 0 Å². The normalized spacial score (nSPS) is 23.6. The van der Waals surface area contributed by atoms with E-state index in [9.17, 15) is 19.8 Å². The van der Waals surface area contributed by atoms with Gasteiger partial charge in [-0.2, -0.15) is 0 Å². The van der Waals surface area contributed by atoms with Crippen LogP contribution in [0.1, 0.15) is 44.1 Å². The summed E-state index contributed by atoms with van der Waals surface area (Å²) in [5, 5.41) is 29.0. The average Bonchev–Trinajstić information content (AvgIpc) is 2.94. The van der Waals surface area contributed by atoms with Crippen molar-refractivity contribution in [2.45, 2.75) is 57.2 Å². The van der Waals surface area contributed by atoms with Gasteiger partial charge >= 0.3 is 5.97 Å². The standard InChI is InChI=1S/C23H30O5/c24-18(13-12-17-8-4-3-5-9-17)14-15-20-19(21(25)16-22(20)26)10-6-1-2-7-11-23(27)28/h1,3-6,8-9,14-15,18-20,22,24,26H,2,7,10-13,16H2,(H,27,28)/b6-1-,15-14+. The Balaban J connectivity index is 1.82. The third-order valence-corrected chi connectivity index (χ3v) is 5.18. The second kappa shape index (κ2) is 11.6. The smallest absolute Gasteiger partial charge is 0.303 e. The van der Waals surface area contributed by atoms with Crippen LogP contribution in [-0.4, -0.2) is 39.3 Å². The first-order valence-electron chi connectivity index (χ1n) is 9.95. The molecule has 0 aromatic heterocycles. The number of carbonyl (C=O) groups excluding carboxylic acids is 1. The minimum Gasteiger partial charge on any atom is -0.481 e. The topological polar surface area (TPSA) is 94.8 Å². The van der Waals surface area contributed by atoms with E-state index < -0.39 is 18.2 Å². The minimum absolute atomic E-state index is 0.0381. The Kier molecular flexibility index (Phi) is 9.11. The fourth-order valence-corrected chi connectivity index (χ4v) is 3.57. The van der Waals surface area contributed by atoms with Crippen molar-refractivity contribution >= 4 is 11.8 Å². The lowest BCUT2D eigenvalue weighted by molar-refractivity contribution is -0.137. The van der Waals surface area contributed by atoms with Gasteiger partial charge in [-0.1, -0.05) is 54.6 Å². The highest BCUT2D eigenvalue weighted by molar-refractivity contribution is 5.84. The third kappa shape index (κ3) is 7.41. The first kappa shape index (κ1) is 22.1. The summed E-state index contributed by atoms with van der Waals surface area (Å²) in [6.45, 7) is 0. The fourth-order valence-electron chi connectivity index (χ4n) is 3.57. The molecule has 1 saturated carbocycles. The summed E-state index contributed by atoms with van der Waals surface area (Å²) >= 11 is 0. The van der Waals surface area contributed by atoms with Crippen LogP contribution >= 0.6 is 0 Å². The van der Waals surface area contributed by atoms with Crippen LogP contribution in [0.2, 0.25) is 0 Å². The van der Waals surface area contributed by atoms with Gasteiger partial charge in [0, 0.05) is 24.7 Å². The Morgan fingerprint density at radius 1 is 1.21 bits per heavy atom. The van der Waals surface area contributed by atoms with E-state index in [1.807, 2.05) is 42.5 Å². The second-order valence-electron chi connectivity index (χ2n) is 7.39. The third-order valence-electron chi connectivity index (χ3n) is 5.18. The number of aliphatic carboxylic acids is 1. The Morgan fingerprint density at radius 3 is 2.68 bits per heavy atom. The molecule has 5 heteroatoms. The molecule has 1 aromatic carbocycles. The lowest BCUT2D eigenvalue weighted by atomic mass is 9.90. The van der Waals surface area contributed by atoms with Gasteiger partial charge < -0.3 is 15.3 Å². The number of rotatable bonds is 11. The van der Waals surface area contributed by atoms with Crippen LogP contribution in [-0.2, 0) is 16.0 Å². The number of carboxylic acids is 1. The lowest BCUT2D eigenvalue weighted by Gasteiger charge is -2.16. The van der Waals surface area contributed by atoms with E-state index in [0.29, 0.717) is 25.7 Å². The van der Waals surface area contributed by atoms with Crippen molar-refractivity contribution in [3.63, 3.8) is 0 Å². The first-order valence-corrected chi connectivity index (χ1v) is 9.95. The van der Waals surface area contributed by atoms with E-state index in [4.69, 9.17) is 5.11 Å². The number of hydrogen-bond acceptors (Lipinski definition) is 4. The molecule has 0 bridgehead atoms. The molecule has 0 spiro atoms. The van der Waals surface area contributed by atoms with E-state index in [1.165, 1.54) is 0 Å². The highest BCUT2D eigenvalue weighted by Crippen LogP contribution is 2.33. The van der Waals surface area contributed by atoms with Gasteiger partial charge in [0.15, 0.2) is 0 Å². The number of unbranched alkanes of at least 4 members (excludes halogenated alkanes) is 1. The number of hydrogen-bond donors (Lipinski definition) is 3. The van der Waals surface area contributed by atoms with E-state index in [-0.39, 0.29) is 30.5 Å². The van der Waals surface area contributed by atoms with Crippen LogP contribution in [0.15, 0.2) is 54.6 Å². The van der Waals surface area contributed by atoms with E-state index in [1.54, 1.807) is 12.2 Å². The van der Waals surface area contributed by atoms with Crippen LogP contribution < -0.4 is 0 Å². The zero-order valence-electron chi connectivity index (χ0n) is 16.1. The second-order valence-corrected chi connectivity index (χ2v) is 7.39. The van der Waals surface area contributed by atoms with E-state index in [0.717, 1.165) is 12.0 Å². The maximum atomic E-state index is 12.2. The molecule has 4 unspecified atom stereocenters. The van der Waals surface area contributed by atoms with Gasteiger partial charge in [0.25, 0.3) is 0 Å². The van der Waals surface area contributed by atoms with Crippen molar-refractivity contribution in [1.29, 1.82) is 0 Å². The van der Waals surface area contributed by atoms with Crippen molar-refractivity contribution < 1.29 is 24.9 Å². The minimum atomic E-state index is -0.807. The molecule has 1 aromatic rings. The summed E-state index contributed by atoms with van der Waals surface area (Å²) in [6.07, 6.45) is 9.34. The quantitative estimate of drug-likeness (QED) is 0.401. The lowest BCUT2D eigenvalue weighted by Crippen LogP contribution is -2.19. The molecule has 3 N–H and O–H groups in total. The molecule has 2 rings (SSSR count). The summed E-state index contributed by atoms with van der Waals surface area (Å²) in [5.74, 6) is -1.35. The Labute approximate surface area is 166 Å². The molecule has 0 amide bonds. The Morgan fingerprint density at radius 2 is 1.96 bits per heavy atom. The average molecular weight is 386 g/mol. The molecule has 1 fully saturated rings. The molecule has 4 atom stereocenters. The molecule has 5 nitrogen and oxygen atoms in total. The molecule has 152 valence electrons. The number of carbonyl (C=O) groups is 2. The van der Waals surface area contributed by atoms with Gasteiger partial charge in [-0.25, -0.2) is 0 Å². The van der Waals surface area contributed by atoms with Gasteiger partial charge in [0.05, 0.1) is 12.2 Å². The van der Waals surface area contributed by atoms with Crippen molar-refractivity contribution in [1.82, 2.24) is 0 Å². The van der Waals surface area contributed by atoms with Gasteiger partial charge in [0.2, 0.25) is 0 Å². The predicted molar refractivity (Wildman–Crippen MR) is 108 cm³/mol. The number of Topliss-reactive ketones (excluding diaryl/α,β-unsaturated/α-hetero) is 1. The fraction of sp³-hybridized carbons (Fsp3) is 0.478. The number of carboxylic acid groups (broad SMARTS) is 1. The Bertz CT molecular complexity index is 679. The molecule has 1 aliphatic carbocycles. The Hall–Kier alpha value is -2.24. The molecule has 0 saturated heterocycles. The number of aliphatic hydroxyl groups excluding tert-OH is 2. The number of aliphatic hydroxyl groups is 2. The van der Waals surface area contributed by atoms with Crippen LogP contribution in [0, 0.1) is 11.8 Å². The van der Waals surface area contributed by atoms with Crippen LogP contribution in [0.25, 0.3) is 0 Å². The zero-order chi connectivity index (χ0) is 20.4. The number of allylic oxidation sites excluding steroid dienone is 2. The number of benzene rings is 1. The molecule has 0 radical (unpaired) electrons. The summed E-state index contributed by atoms with van der Waals surface area (Å²) < 4.78 is 0. The number of ketones is 1. The molecule has 0 heterocycles. The van der Waals surface area contributed by atoms with Crippen molar-refractivity contribution in [3.8, 4) is 0 Å². The van der Waals surface area contributed by atoms with Gasteiger partial charge in [0.1, 0.15) is 5.78 Å². The maximum Gasteiger partial charge on any atom is 0.303 e. The molecular formula is C23H30O5. The van der Waals surface area contributed by atoms with E-state index in [2.05, 4.69) is 0 Å². The van der Waals surface area contributed by atoms with Gasteiger partial charge in [-0.3, -0.25) is 9.59 Å². The van der Waals surface area contributed by atoms with E-state index >= 15 is 0 Å². The van der Waals surface area contributed by atoms with Gasteiger partial charge in [-0.05, 0) is 37.7 Å². The summed E-state index contributed by atoms with van der Waals surface area (Å²) in [7, 11) is 0. The van der Waals surface area contributed by atoms with Crippen molar-refractivity contribution in [2.75, 3.05) is 0 Å². The van der Waals surface area contributed by atoms with Crippen LogP contribution in [0.5, 0.6) is 0 Å². The summed E-state index contributed by atoms with van der Waals surface area (Å²) in [4.78, 5) is 22.7.